The molecule has 0 aliphatic heterocycles. The van der Waals surface area contributed by atoms with Gasteiger partial charge in [0.25, 0.3) is 0 Å². The van der Waals surface area contributed by atoms with E-state index in [1.807, 2.05) is 0 Å². The normalized spacial score (nSPS) is 10.8. The fourth-order valence-electron chi connectivity index (χ4n) is 1.20. The van der Waals surface area contributed by atoms with Gasteiger partial charge in [0.05, 0.1) is 0 Å². The summed E-state index contributed by atoms with van der Waals surface area (Å²) in [5.41, 5.74) is 0.607. The zero-order valence-corrected chi connectivity index (χ0v) is 9.19. The molecule has 0 atom stereocenters. The molecule has 2 rings (SSSR count). The Hall–Kier alpha value is -1.69. The minimum Gasteiger partial charge on any atom is -0.435 e. The zero-order valence-electron chi connectivity index (χ0n) is 8.44. The van der Waals surface area contributed by atoms with Crippen LogP contribution in [0.15, 0.2) is 28.7 Å². The maximum Gasteiger partial charge on any atom is 0.387 e. The second-order valence-corrected chi connectivity index (χ2v) is 3.30. The first-order chi connectivity index (χ1) is 8.19. The van der Waals surface area contributed by atoms with Crippen LogP contribution in [0, 0.1) is 0 Å². The SMILES string of the molecule is FC(F)Oc1ccc(-c2nnc(CCl)o2)cc1. The van der Waals surface area contributed by atoms with Gasteiger partial charge in [-0.3, -0.25) is 0 Å². The third-order valence-corrected chi connectivity index (χ3v) is 2.14. The van der Waals surface area contributed by atoms with Crippen LogP contribution in [0.5, 0.6) is 5.75 Å². The van der Waals surface area contributed by atoms with E-state index in [9.17, 15) is 8.78 Å². The van der Waals surface area contributed by atoms with Gasteiger partial charge >= 0.3 is 6.61 Å². The van der Waals surface area contributed by atoms with Crippen LogP contribution in [0.4, 0.5) is 8.78 Å². The molecule has 0 spiro atoms. The summed E-state index contributed by atoms with van der Waals surface area (Å²) in [4.78, 5) is 0. The van der Waals surface area contributed by atoms with E-state index < -0.39 is 6.61 Å². The highest BCUT2D eigenvalue weighted by atomic mass is 35.5. The van der Waals surface area contributed by atoms with Crippen molar-refractivity contribution in [3.05, 3.63) is 30.2 Å². The number of alkyl halides is 3. The topological polar surface area (TPSA) is 48.2 Å². The Bertz CT molecular complexity index is 487. The molecule has 0 fully saturated rings. The quantitative estimate of drug-likeness (QED) is 0.793. The van der Waals surface area contributed by atoms with Crippen LogP contribution in [0.1, 0.15) is 5.89 Å². The fraction of sp³-hybridized carbons (Fsp3) is 0.200. The third-order valence-electron chi connectivity index (χ3n) is 1.91. The van der Waals surface area contributed by atoms with E-state index >= 15 is 0 Å². The molecular formula is C10H7ClF2N2O2. The zero-order chi connectivity index (χ0) is 12.3. The number of rotatable bonds is 4. The van der Waals surface area contributed by atoms with Crippen LogP contribution < -0.4 is 4.74 Å². The number of hydrogen-bond acceptors (Lipinski definition) is 4. The molecule has 0 bridgehead atoms. The van der Waals surface area contributed by atoms with Gasteiger partial charge in [-0.05, 0) is 24.3 Å². The van der Waals surface area contributed by atoms with Crippen molar-refractivity contribution >= 4 is 11.6 Å². The van der Waals surface area contributed by atoms with Crippen molar-refractivity contribution in [2.24, 2.45) is 0 Å². The largest absolute Gasteiger partial charge is 0.435 e. The molecule has 4 nitrogen and oxygen atoms in total. The van der Waals surface area contributed by atoms with Crippen molar-refractivity contribution in [2.75, 3.05) is 0 Å². The van der Waals surface area contributed by atoms with Crippen molar-refractivity contribution in [3.63, 3.8) is 0 Å². The van der Waals surface area contributed by atoms with Gasteiger partial charge in [0.15, 0.2) is 0 Å². The Kier molecular flexibility index (Phi) is 3.53. The van der Waals surface area contributed by atoms with E-state index in [4.69, 9.17) is 16.0 Å². The smallest absolute Gasteiger partial charge is 0.387 e. The molecule has 2 aromatic rings. The lowest BCUT2D eigenvalue weighted by Crippen LogP contribution is -2.01. The predicted molar refractivity (Wildman–Crippen MR) is 55.9 cm³/mol. The van der Waals surface area contributed by atoms with Crippen LogP contribution in [0.3, 0.4) is 0 Å². The summed E-state index contributed by atoms with van der Waals surface area (Å²) < 4.78 is 33.2. The molecule has 1 aromatic carbocycles. The Morgan fingerprint density at radius 3 is 2.47 bits per heavy atom. The number of ether oxygens (including phenoxy) is 1. The summed E-state index contributed by atoms with van der Waals surface area (Å²) in [6.07, 6.45) is 0. The number of aromatic nitrogens is 2. The van der Waals surface area contributed by atoms with E-state index in [0.29, 0.717) is 11.5 Å². The monoisotopic (exact) mass is 260 g/mol. The second kappa shape index (κ2) is 5.09. The lowest BCUT2D eigenvalue weighted by atomic mass is 10.2. The minimum absolute atomic E-state index is 0.0702. The van der Waals surface area contributed by atoms with Gasteiger partial charge in [-0.1, -0.05) is 0 Å². The second-order valence-electron chi connectivity index (χ2n) is 3.04. The molecule has 1 heterocycles. The van der Waals surface area contributed by atoms with Crippen LogP contribution in [0.2, 0.25) is 0 Å². The molecule has 0 radical (unpaired) electrons. The standard InChI is InChI=1S/C10H7ClF2N2O2/c11-5-8-14-15-9(17-8)6-1-3-7(4-2-6)16-10(12)13/h1-4,10H,5H2. The Balaban J connectivity index is 2.17. The highest BCUT2D eigenvalue weighted by Crippen LogP contribution is 2.22. The summed E-state index contributed by atoms with van der Waals surface area (Å²) in [5, 5.41) is 7.44. The van der Waals surface area contributed by atoms with Crippen LogP contribution in [0.25, 0.3) is 11.5 Å². The van der Waals surface area contributed by atoms with Crippen LogP contribution >= 0.6 is 11.6 Å². The van der Waals surface area contributed by atoms with E-state index in [0.717, 1.165) is 0 Å². The Morgan fingerprint density at radius 2 is 1.94 bits per heavy atom. The molecule has 0 saturated heterocycles. The van der Waals surface area contributed by atoms with Crippen molar-refractivity contribution in [1.29, 1.82) is 0 Å². The minimum atomic E-state index is -2.84. The predicted octanol–water partition coefficient (Wildman–Crippen LogP) is 3.08. The maximum absolute atomic E-state index is 11.9. The summed E-state index contributed by atoms with van der Waals surface area (Å²) in [5.74, 6) is 0.777. The van der Waals surface area contributed by atoms with Gasteiger partial charge in [-0.15, -0.1) is 21.8 Å². The summed E-state index contributed by atoms with van der Waals surface area (Å²) in [6, 6.07) is 5.88. The van der Waals surface area contributed by atoms with Gasteiger partial charge in [0.1, 0.15) is 11.6 Å². The highest BCUT2D eigenvalue weighted by Gasteiger charge is 2.09. The lowest BCUT2D eigenvalue weighted by Gasteiger charge is -2.03. The number of nitrogens with zero attached hydrogens (tertiary/aromatic N) is 2. The van der Waals surface area contributed by atoms with E-state index in [1.54, 1.807) is 12.1 Å². The van der Waals surface area contributed by atoms with Gasteiger partial charge < -0.3 is 9.15 Å². The van der Waals surface area contributed by atoms with Crippen molar-refractivity contribution in [2.45, 2.75) is 12.5 Å². The van der Waals surface area contributed by atoms with E-state index in [1.165, 1.54) is 12.1 Å². The summed E-state index contributed by atoms with van der Waals surface area (Å²) in [6.45, 7) is -2.84. The van der Waals surface area contributed by atoms with Gasteiger partial charge in [-0.25, -0.2) is 0 Å². The molecule has 0 aliphatic carbocycles. The highest BCUT2D eigenvalue weighted by molar-refractivity contribution is 6.16. The molecule has 7 heteroatoms. The van der Waals surface area contributed by atoms with Gasteiger partial charge in [0, 0.05) is 5.56 Å². The van der Waals surface area contributed by atoms with Crippen molar-refractivity contribution in [1.82, 2.24) is 10.2 Å². The molecule has 0 N–H and O–H groups in total. The van der Waals surface area contributed by atoms with Crippen molar-refractivity contribution in [3.8, 4) is 17.2 Å². The fourth-order valence-corrected chi connectivity index (χ4v) is 1.31. The molecule has 17 heavy (non-hydrogen) atoms. The number of benzene rings is 1. The summed E-state index contributed by atoms with van der Waals surface area (Å²) in [7, 11) is 0. The molecule has 0 aliphatic rings. The molecular weight excluding hydrogens is 254 g/mol. The molecule has 90 valence electrons. The molecule has 0 amide bonds. The van der Waals surface area contributed by atoms with Gasteiger partial charge in [-0.2, -0.15) is 8.78 Å². The third kappa shape index (κ3) is 2.91. The average Bonchev–Trinajstić information content (AvgIpc) is 2.78. The number of halogens is 3. The molecule has 1 aromatic heterocycles. The summed E-state index contributed by atoms with van der Waals surface area (Å²) >= 11 is 5.51. The van der Waals surface area contributed by atoms with E-state index in [-0.39, 0.29) is 17.5 Å². The van der Waals surface area contributed by atoms with Crippen LogP contribution in [-0.2, 0) is 5.88 Å². The van der Waals surface area contributed by atoms with E-state index in [2.05, 4.69) is 14.9 Å². The Morgan fingerprint density at radius 1 is 1.24 bits per heavy atom. The molecule has 0 unspecified atom stereocenters. The van der Waals surface area contributed by atoms with Crippen LogP contribution in [-0.4, -0.2) is 16.8 Å². The first-order valence-corrected chi connectivity index (χ1v) is 5.16. The Labute approximate surface area is 100 Å². The average molecular weight is 261 g/mol. The molecule has 0 saturated carbocycles. The first kappa shape index (κ1) is 11.8. The van der Waals surface area contributed by atoms with Crippen molar-refractivity contribution < 1.29 is 17.9 Å². The number of hydrogen-bond donors (Lipinski definition) is 0. The first-order valence-electron chi connectivity index (χ1n) is 4.62. The van der Waals surface area contributed by atoms with Gasteiger partial charge in [0.2, 0.25) is 11.8 Å². The maximum atomic E-state index is 11.9. The lowest BCUT2D eigenvalue weighted by molar-refractivity contribution is -0.0498.